The Bertz CT molecular complexity index is 236. The van der Waals surface area contributed by atoms with Crippen LogP contribution in [0.3, 0.4) is 0 Å². The number of aryl methyl sites for hydroxylation is 1. The largest absolute Gasteiger partial charge is 0.356 e. The highest BCUT2D eigenvalue weighted by Gasteiger charge is 2.02. The molecule has 68 valence electrons. The average molecular weight is 171 g/mol. The van der Waals surface area contributed by atoms with Crippen molar-refractivity contribution in [2.75, 3.05) is 7.11 Å². The minimum absolute atomic E-state index is 0.202. The van der Waals surface area contributed by atoms with E-state index in [1.807, 2.05) is 20.2 Å². The van der Waals surface area contributed by atoms with Gasteiger partial charge in [-0.1, -0.05) is 5.21 Å². The number of nitrogens with zero attached hydrogens (tertiary/aromatic N) is 3. The first-order valence-corrected chi connectivity index (χ1v) is 3.72. The van der Waals surface area contributed by atoms with Gasteiger partial charge in [0.15, 0.2) is 6.29 Å². The summed E-state index contributed by atoms with van der Waals surface area (Å²) in [6.45, 7) is 2.26. The molecule has 0 N–H and O–H groups in total. The minimum atomic E-state index is -0.202. The summed E-state index contributed by atoms with van der Waals surface area (Å²) in [6.07, 6.45) is 1.61. The van der Waals surface area contributed by atoms with Crippen molar-refractivity contribution in [2.24, 2.45) is 7.05 Å². The molecule has 1 unspecified atom stereocenters. The highest BCUT2D eigenvalue weighted by atomic mass is 16.7. The molecule has 0 saturated heterocycles. The molecule has 5 nitrogen and oxygen atoms in total. The summed E-state index contributed by atoms with van der Waals surface area (Å²) >= 11 is 0. The number of ether oxygens (including phenoxy) is 2. The maximum Gasteiger partial charge on any atom is 0.154 e. The lowest BCUT2D eigenvalue weighted by molar-refractivity contribution is -0.119. The molecule has 5 heteroatoms. The Hall–Kier alpha value is -0.940. The molecule has 0 aliphatic rings. The van der Waals surface area contributed by atoms with Crippen molar-refractivity contribution in [3.8, 4) is 0 Å². The van der Waals surface area contributed by atoms with E-state index in [0.29, 0.717) is 6.61 Å². The highest BCUT2D eigenvalue weighted by molar-refractivity contribution is 4.88. The first kappa shape index (κ1) is 9.15. The van der Waals surface area contributed by atoms with E-state index in [2.05, 4.69) is 10.3 Å². The zero-order valence-electron chi connectivity index (χ0n) is 7.52. The van der Waals surface area contributed by atoms with E-state index in [4.69, 9.17) is 9.47 Å². The van der Waals surface area contributed by atoms with Gasteiger partial charge in [-0.05, 0) is 6.92 Å². The second-order valence-electron chi connectivity index (χ2n) is 2.50. The van der Waals surface area contributed by atoms with Gasteiger partial charge >= 0.3 is 0 Å². The van der Waals surface area contributed by atoms with E-state index >= 15 is 0 Å². The predicted molar refractivity (Wildman–Crippen MR) is 42.3 cm³/mol. The lowest BCUT2D eigenvalue weighted by Gasteiger charge is -2.08. The van der Waals surface area contributed by atoms with Crippen molar-refractivity contribution in [3.05, 3.63) is 11.9 Å². The van der Waals surface area contributed by atoms with E-state index < -0.39 is 0 Å². The number of methoxy groups -OCH3 is 1. The van der Waals surface area contributed by atoms with Crippen LogP contribution in [-0.4, -0.2) is 28.4 Å². The van der Waals surface area contributed by atoms with Gasteiger partial charge in [-0.2, -0.15) is 0 Å². The van der Waals surface area contributed by atoms with Crippen molar-refractivity contribution in [3.63, 3.8) is 0 Å². The van der Waals surface area contributed by atoms with Gasteiger partial charge in [0.1, 0.15) is 5.69 Å². The third-order valence-electron chi connectivity index (χ3n) is 1.45. The lowest BCUT2D eigenvalue weighted by Crippen LogP contribution is -2.09. The molecule has 0 aromatic carbocycles. The van der Waals surface area contributed by atoms with Crippen molar-refractivity contribution in [1.29, 1.82) is 0 Å². The van der Waals surface area contributed by atoms with Crippen LogP contribution in [0.15, 0.2) is 6.20 Å². The second-order valence-corrected chi connectivity index (χ2v) is 2.50. The normalized spacial score (nSPS) is 13.2. The van der Waals surface area contributed by atoms with Crippen LogP contribution in [0.5, 0.6) is 0 Å². The molecule has 1 aromatic heterocycles. The Labute approximate surface area is 71.3 Å². The molecule has 0 saturated carbocycles. The molecule has 1 atom stereocenters. The van der Waals surface area contributed by atoms with Crippen LogP contribution < -0.4 is 0 Å². The Morgan fingerprint density at radius 1 is 1.67 bits per heavy atom. The Balaban J connectivity index is 2.33. The van der Waals surface area contributed by atoms with Crippen LogP contribution in [0.4, 0.5) is 0 Å². The fraction of sp³-hybridized carbons (Fsp3) is 0.714. The van der Waals surface area contributed by atoms with E-state index in [9.17, 15) is 0 Å². The van der Waals surface area contributed by atoms with Gasteiger partial charge in [0.25, 0.3) is 0 Å². The standard InChI is InChI=1S/C7H13N3O2/c1-6(11-3)12-5-7-4-10(2)9-8-7/h4,6H,5H2,1-3H3. The van der Waals surface area contributed by atoms with Gasteiger partial charge in [0, 0.05) is 14.2 Å². The van der Waals surface area contributed by atoms with Crippen LogP contribution in [0.2, 0.25) is 0 Å². The fourth-order valence-corrected chi connectivity index (χ4v) is 0.732. The molecule has 1 rings (SSSR count). The summed E-state index contributed by atoms with van der Waals surface area (Å²) in [6, 6.07) is 0. The number of rotatable bonds is 4. The minimum Gasteiger partial charge on any atom is -0.356 e. The Morgan fingerprint density at radius 3 is 2.92 bits per heavy atom. The van der Waals surface area contributed by atoms with Gasteiger partial charge in [-0.15, -0.1) is 5.10 Å². The number of hydrogen-bond donors (Lipinski definition) is 0. The molecule has 0 radical (unpaired) electrons. The van der Waals surface area contributed by atoms with E-state index in [1.54, 1.807) is 11.8 Å². The highest BCUT2D eigenvalue weighted by Crippen LogP contribution is 1.98. The lowest BCUT2D eigenvalue weighted by atomic mass is 10.5. The monoisotopic (exact) mass is 171 g/mol. The van der Waals surface area contributed by atoms with Crippen LogP contribution in [0.1, 0.15) is 12.6 Å². The van der Waals surface area contributed by atoms with Crippen molar-refractivity contribution in [2.45, 2.75) is 19.8 Å². The molecule has 0 aliphatic heterocycles. The molecule has 12 heavy (non-hydrogen) atoms. The van der Waals surface area contributed by atoms with Gasteiger partial charge in [-0.3, -0.25) is 4.68 Å². The molecule has 0 aliphatic carbocycles. The van der Waals surface area contributed by atoms with Crippen molar-refractivity contribution < 1.29 is 9.47 Å². The summed E-state index contributed by atoms with van der Waals surface area (Å²) in [7, 11) is 3.41. The fourth-order valence-electron chi connectivity index (χ4n) is 0.732. The van der Waals surface area contributed by atoms with Gasteiger partial charge in [0.05, 0.1) is 12.8 Å². The van der Waals surface area contributed by atoms with Crippen LogP contribution in [-0.2, 0) is 23.1 Å². The summed E-state index contributed by atoms with van der Waals surface area (Å²) in [5.74, 6) is 0. The number of hydrogen-bond acceptors (Lipinski definition) is 4. The van der Waals surface area contributed by atoms with Crippen molar-refractivity contribution in [1.82, 2.24) is 15.0 Å². The van der Waals surface area contributed by atoms with Crippen LogP contribution in [0.25, 0.3) is 0 Å². The third kappa shape index (κ3) is 2.60. The molecule has 1 aromatic rings. The summed E-state index contributed by atoms with van der Waals surface area (Å²) in [5.41, 5.74) is 0.807. The smallest absolute Gasteiger partial charge is 0.154 e. The maximum absolute atomic E-state index is 5.25. The first-order chi connectivity index (χ1) is 5.72. The average Bonchev–Trinajstić information content (AvgIpc) is 2.47. The van der Waals surface area contributed by atoms with Crippen molar-refractivity contribution >= 4 is 0 Å². The Morgan fingerprint density at radius 2 is 2.42 bits per heavy atom. The van der Waals surface area contributed by atoms with E-state index in [0.717, 1.165) is 5.69 Å². The zero-order valence-corrected chi connectivity index (χ0v) is 7.52. The summed E-state index contributed by atoms with van der Waals surface area (Å²) in [5, 5.41) is 7.62. The molecular formula is C7H13N3O2. The first-order valence-electron chi connectivity index (χ1n) is 3.72. The summed E-state index contributed by atoms with van der Waals surface area (Å²) in [4.78, 5) is 0. The van der Waals surface area contributed by atoms with Gasteiger partial charge in [-0.25, -0.2) is 0 Å². The van der Waals surface area contributed by atoms with Gasteiger partial charge in [0.2, 0.25) is 0 Å². The molecule has 0 spiro atoms. The quantitative estimate of drug-likeness (QED) is 0.612. The van der Waals surface area contributed by atoms with E-state index in [-0.39, 0.29) is 6.29 Å². The van der Waals surface area contributed by atoms with Crippen LogP contribution in [0, 0.1) is 0 Å². The molecule has 0 bridgehead atoms. The predicted octanol–water partition coefficient (Wildman–Crippen LogP) is 0.324. The molecule has 0 fully saturated rings. The molecule has 0 amide bonds. The SMILES string of the molecule is COC(C)OCc1cn(C)nn1. The number of aromatic nitrogens is 3. The molecule has 1 heterocycles. The maximum atomic E-state index is 5.25. The zero-order chi connectivity index (χ0) is 8.97. The van der Waals surface area contributed by atoms with E-state index in [1.165, 1.54) is 0 Å². The second kappa shape index (κ2) is 4.18. The van der Waals surface area contributed by atoms with Crippen LogP contribution >= 0.6 is 0 Å². The summed E-state index contributed by atoms with van der Waals surface area (Å²) < 4.78 is 11.8. The molecular weight excluding hydrogens is 158 g/mol. The van der Waals surface area contributed by atoms with Gasteiger partial charge < -0.3 is 9.47 Å². The Kier molecular flexibility index (Phi) is 3.19. The third-order valence-corrected chi connectivity index (χ3v) is 1.45. The topological polar surface area (TPSA) is 49.2 Å².